The molecular weight excluding hydrogens is 364 g/mol. The number of halogens is 1. The average Bonchev–Trinajstić information content (AvgIpc) is 2.49. The zero-order valence-electron chi connectivity index (χ0n) is 13.3. The van der Waals surface area contributed by atoms with Gasteiger partial charge in [0.05, 0.1) is 12.2 Å². The third-order valence-electron chi connectivity index (χ3n) is 2.98. The van der Waals surface area contributed by atoms with Crippen LogP contribution in [-0.2, 0) is 0 Å². The van der Waals surface area contributed by atoms with Crippen molar-refractivity contribution in [2.24, 2.45) is 0 Å². The highest BCUT2D eigenvalue weighted by molar-refractivity contribution is 9.10. The molecule has 22 heavy (non-hydrogen) atoms. The normalized spacial score (nSPS) is 10.2. The summed E-state index contributed by atoms with van der Waals surface area (Å²) in [4.78, 5) is 14.5. The highest BCUT2D eigenvalue weighted by Crippen LogP contribution is 2.23. The first-order chi connectivity index (χ1) is 10.5. The summed E-state index contributed by atoms with van der Waals surface area (Å²) in [5.41, 5.74) is 0.478. The molecule has 0 radical (unpaired) electrons. The summed E-state index contributed by atoms with van der Waals surface area (Å²) in [6, 6.07) is 5.37. The first kappa shape index (κ1) is 18.9. The molecule has 0 saturated carbocycles. The predicted molar refractivity (Wildman–Crippen MR) is 97.5 cm³/mol. The Hall–Kier alpha value is -1.14. The van der Waals surface area contributed by atoms with E-state index < -0.39 is 0 Å². The van der Waals surface area contributed by atoms with Crippen LogP contribution in [0.15, 0.2) is 22.7 Å². The van der Waals surface area contributed by atoms with Crippen molar-refractivity contribution in [1.29, 1.82) is 0 Å². The minimum absolute atomic E-state index is 0.244. The van der Waals surface area contributed by atoms with E-state index in [1.807, 2.05) is 17.9 Å². The third-order valence-corrected chi connectivity index (χ3v) is 3.83. The monoisotopic (exact) mass is 386 g/mol. The molecule has 1 aromatic carbocycles. The SMILES string of the molecule is CCCN(CCC)C(=S)NC(=O)c1cc(Br)ccc1OCC. The number of amides is 1. The fourth-order valence-electron chi connectivity index (χ4n) is 2.06. The minimum atomic E-state index is -0.244. The van der Waals surface area contributed by atoms with E-state index >= 15 is 0 Å². The maximum Gasteiger partial charge on any atom is 0.261 e. The fourth-order valence-corrected chi connectivity index (χ4v) is 2.70. The number of nitrogens with zero attached hydrogens (tertiary/aromatic N) is 1. The van der Waals surface area contributed by atoms with Crippen molar-refractivity contribution < 1.29 is 9.53 Å². The van der Waals surface area contributed by atoms with E-state index in [-0.39, 0.29) is 5.91 Å². The van der Waals surface area contributed by atoms with Crippen LogP contribution in [0.4, 0.5) is 0 Å². The molecule has 6 heteroatoms. The molecular formula is C16H23BrN2O2S. The van der Waals surface area contributed by atoms with E-state index in [0.29, 0.717) is 23.0 Å². The van der Waals surface area contributed by atoms with E-state index in [1.165, 1.54) is 0 Å². The summed E-state index contributed by atoms with van der Waals surface area (Å²) < 4.78 is 6.34. The molecule has 1 aromatic rings. The lowest BCUT2D eigenvalue weighted by Crippen LogP contribution is -2.43. The molecule has 1 N–H and O–H groups in total. The van der Waals surface area contributed by atoms with E-state index in [4.69, 9.17) is 17.0 Å². The zero-order valence-corrected chi connectivity index (χ0v) is 15.7. The number of nitrogens with one attached hydrogen (secondary N) is 1. The number of carbonyl (C=O) groups excluding carboxylic acids is 1. The summed E-state index contributed by atoms with van der Waals surface area (Å²) in [5, 5.41) is 3.28. The van der Waals surface area contributed by atoms with E-state index in [2.05, 4.69) is 35.1 Å². The largest absolute Gasteiger partial charge is 0.493 e. The molecule has 0 spiro atoms. The van der Waals surface area contributed by atoms with Crippen LogP contribution in [0.2, 0.25) is 0 Å². The van der Waals surface area contributed by atoms with Crippen molar-refractivity contribution in [3.63, 3.8) is 0 Å². The Morgan fingerprint density at radius 1 is 1.27 bits per heavy atom. The molecule has 4 nitrogen and oxygen atoms in total. The average molecular weight is 387 g/mol. The standard InChI is InChI=1S/C16H23BrN2O2S/c1-4-9-19(10-5-2)16(22)18-15(20)13-11-12(17)7-8-14(13)21-6-3/h7-8,11H,4-6,9-10H2,1-3H3,(H,18,20,22). The first-order valence-electron chi connectivity index (χ1n) is 7.56. The maximum atomic E-state index is 12.5. The summed E-state index contributed by atoms with van der Waals surface area (Å²) in [7, 11) is 0. The van der Waals surface area contributed by atoms with E-state index in [0.717, 1.165) is 30.4 Å². The van der Waals surface area contributed by atoms with Gasteiger partial charge in [0.1, 0.15) is 5.75 Å². The van der Waals surface area contributed by atoms with Gasteiger partial charge in [-0.15, -0.1) is 0 Å². The van der Waals surface area contributed by atoms with Crippen molar-refractivity contribution in [2.75, 3.05) is 19.7 Å². The van der Waals surface area contributed by atoms with Crippen molar-refractivity contribution >= 4 is 39.2 Å². The second-order valence-corrected chi connectivity index (χ2v) is 6.12. The fraction of sp³-hybridized carbons (Fsp3) is 0.500. The van der Waals surface area contributed by atoms with Crippen molar-refractivity contribution in [1.82, 2.24) is 10.2 Å². The van der Waals surface area contributed by atoms with Gasteiger partial charge in [-0.05, 0) is 50.2 Å². The van der Waals surface area contributed by atoms with Gasteiger partial charge in [0.15, 0.2) is 5.11 Å². The van der Waals surface area contributed by atoms with Gasteiger partial charge in [0.2, 0.25) is 0 Å². The summed E-state index contributed by atoms with van der Waals surface area (Å²) in [6.45, 7) is 8.25. The Balaban J connectivity index is 2.87. The molecule has 0 unspecified atom stereocenters. The van der Waals surface area contributed by atoms with Crippen molar-refractivity contribution in [2.45, 2.75) is 33.6 Å². The number of benzene rings is 1. The van der Waals surface area contributed by atoms with Gasteiger partial charge in [-0.3, -0.25) is 10.1 Å². The quantitative estimate of drug-likeness (QED) is 0.719. The summed E-state index contributed by atoms with van der Waals surface area (Å²) in [5.74, 6) is 0.315. The predicted octanol–water partition coefficient (Wildman–Crippen LogP) is 3.98. The number of thiocarbonyl (C=S) groups is 1. The molecule has 0 fully saturated rings. The van der Waals surface area contributed by atoms with Crippen molar-refractivity contribution in [3.05, 3.63) is 28.2 Å². The first-order valence-corrected chi connectivity index (χ1v) is 8.76. The molecule has 0 aliphatic carbocycles. The smallest absolute Gasteiger partial charge is 0.261 e. The van der Waals surface area contributed by atoms with Crippen LogP contribution in [0.5, 0.6) is 5.75 Å². The van der Waals surface area contributed by atoms with Gasteiger partial charge in [0, 0.05) is 17.6 Å². The van der Waals surface area contributed by atoms with Gasteiger partial charge < -0.3 is 9.64 Å². The Labute approximate surface area is 146 Å². The highest BCUT2D eigenvalue weighted by atomic mass is 79.9. The van der Waals surface area contributed by atoms with Crippen LogP contribution >= 0.6 is 28.1 Å². The zero-order chi connectivity index (χ0) is 16.5. The number of ether oxygens (including phenoxy) is 1. The van der Waals surface area contributed by atoms with Crippen LogP contribution < -0.4 is 10.1 Å². The lowest BCUT2D eigenvalue weighted by atomic mass is 10.2. The van der Waals surface area contributed by atoms with Crippen LogP contribution in [0.25, 0.3) is 0 Å². The molecule has 122 valence electrons. The lowest BCUT2D eigenvalue weighted by molar-refractivity contribution is 0.0969. The summed E-state index contributed by atoms with van der Waals surface area (Å²) in [6.07, 6.45) is 1.97. The van der Waals surface area contributed by atoms with E-state index in [1.54, 1.807) is 12.1 Å². The molecule has 0 aromatic heterocycles. The number of carbonyl (C=O) groups is 1. The van der Waals surface area contributed by atoms with Crippen LogP contribution in [0, 0.1) is 0 Å². The Bertz CT molecular complexity index is 517. The number of hydrogen-bond donors (Lipinski definition) is 1. The molecule has 1 rings (SSSR count). The van der Waals surface area contributed by atoms with Crippen LogP contribution in [-0.4, -0.2) is 35.6 Å². The Kier molecular flexibility index (Phi) is 8.42. The van der Waals surface area contributed by atoms with Crippen LogP contribution in [0.1, 0.15) is 44.0 Å². The maximum absolute atomic E-state index is 12.5. The Morgan fingerprint density at radius 3 is 2.45 bits per heavy atom. The van der Waals surface area contributed by atoms with Crippen LogP contribution in [0.3, 0.4) is 0 Å². The minimum Gasteiger partial charge on any atom is -0.493 e. The molecule has 0 aliphatic heterocycles. The molecule has 0 saturated heterocycles. The van der Waals surface area contributed by atoms with Gasteiger partial charge in [0.25, 0.3) is 5.91 Å². The lowest BCUT2D eigenvalue weighted by Gasteiger charge is -2.24. The topological polar surface area (TPSA) is 41.6 Å². The highest BCUT2D eigenvalue weighted by Gasteiger charge is 2.17. The second kappa shape index (κ2) is 9.79. The second-order valence-electron chi connectivity index (χ2n) is 4.82. The molecule has 0 aliphatic rings. The van der Waals surface area contributed by atoms with Crippen molar-refractivity contribution in [3.8, 4) is 5.75 Å². The third kappa shape index (κ3) is 5.57. The molecule has 0 atom stereocenters. The van der Waals surface area contributed by atoms with Gasteiger partial charge >= 0.3 is 0 Å². The van der Waals surface area contributed by atoms with Gasteiger partial charge in [-0.2, -0.15) is 0 Å². The summed E-state index contributed by atoms with van der Waals surface area (Å²) >= 11 is 8.75. The molecule has 1 amide bonds. The van der Waals surface area contributed by atoms with E-state index in [9.17, 15) is 4.79 Å². The van der Waals surface area contributed by atoms with Gasteiger partial charge in [-0.25, -0.2) is 0 Å². The van der Waals surface area contributed by atoms with Gasteiger partial charge in [-0.1, -0.05) is 29.8 Å². The number of rotatable bonds is 7. The Morgan fingerprint density at radius 2 is 1.91 bits per heavy atom. The molecule has 0 heterocycles. The number of hydrogen-bond acceptors (Lipinski definition) is 3. The molecule has 0 bridgehead atoms.